The average Bonchev–Trinajstić information content (AvgIpc) is 1.88. The summed E-state index contributed by atoms with van der Waals surface area (Å²) in [6.07, 6.45) is 0. The zero-order valence-corrected chi connectivity index (χ0v) is 7.30. The summed E-state index contributed by atoms with van der Waals surface area (Å²) < 4.78 is 0.902. The summed E-state index contributed by atoms with van der Waals surface area (Å²) in [5.41, 5.74) is 0.983. The maximum atomic E-state index is 4.19. The van der Waals surface area contributed by atoms with E-state index in [1.54, 1.807) is 0 Å². The highest BCUT2D eigenvalue weighted by atomic mass is 79.9. The molecular weight excluding hydrogens is 190 g/mol. The molecule has 0 fully saturated rings. The fourth-order valence-electron chi connectivity index (χ4n) is 0.680. The molecule has 1 nitrogen and oxygen atoms in total. The first kappa shape index (κ1) is 7.48. The second-order valence-electron chi connectivity index (χ2n) is 1.94. The van der Waals surface area contributed by atoms with Gasteiger partial charge in [0.15, 0.2) is 0 Å². The predicted molar refractivity (Wildman–Crippen MR) is 48.1 cm³/mol. The lowest BCUT2D eigenvalue weighted by Crippen LogP contribution is -1.71. The summed E-state index contributed by atoms with van der Waals surface area (Å²) >= 11 is 3.26. The molecule has 1 aromatic rings. The molecule has 0 aliphatic carbocycles. The fourth-order valence-corrected chi connectivity index (χ4v) is 0.885. The molecule has 10 heavy (non-hydrogen) atoms. The van der Waals surface area contributed by atoms with E-state index in [0.29, 0.717) is 0 Å². The maximum absolute atomic E-state index is 4.19. The van der Waals surface area contributed by atoms with Crippen molar-refractivity contribution in [2.75, 3.05) is 0 Å². The van der Waals surface area contributed by atoms with Gasteiger partial charge in [-0.2, -0.15) is 0 Å². The molecule has 0 unspecified atom stereocenters. The minimum absolute atomic E-state index is 0.902. The van der Waals surface area contributed by atoms with Crippen molar-refractivity contribution in [1.82, 2.24) is 0 Å². The Morgan fingerprint density at radius 3 is 2.40 bits per heavy atom. The SMILES string of the molecule is CC(Br)=Nc1ccccc1. The molecule has 0 aromatic heterocycles. The Morgan fingerprint density at radius 1 is 1.30 bits per heavy atom. The van der Waals surface area contributed by atoms with E-state index in [9.17, 15) is 0 Å². The van der Waals surface area contributed by atoms with Crippen LogP contribution >= 0.6 is 15.9 Å². The minimum Gasteiger partial charge on any atom is -0.246 e. The van der Waals surface area contributed by atoms with Crippen LogP contribution in [0.3, 0.4) is 0 Å². The number of benzene rings is 1. The van der Waals surface area contributed by atoms with Crippen LogP contribution in [0.2, 0.25) is 0 Å². The van der Waals surface area contributed by atoms with Gasteiger partial charge >= 0.3 is 0 Å². The molecular formula is C8H8BrN. The highest BCUT2D eigenvalue weighted by Gasteiger charge is 1.84. The minimum atomic E-state index is 0.902. The zero-order valence-electron chi connectivity index (χ0n) is 5.71. The van der Waals surface area contributed by atoms with Gasteiger partial charge in [-0.3, -0.25) is 0 Å². The first-order valence-corrected chi connectivity index (χ1v) is 3.84. The Morgan fingerprint density at radius 2 is 1.90 bits per heavy atom. The van der Waals surface area contributed by atoms with Gasteiger partial charge in [0, 0.05) is 0 Å². The third-order valence-electron chi connectivity index (χ3n) is 1.04. The predicted octanol–water partition coefficient (Wildman–Crippen LogP) is 3.13. The lowest BCUT2D eigenvalue weighted by Gasteiger charge is -1.90. The second-order valence-corrected chi connectivity index (χ2v) is 3.09. The van der Waals surface area contributed by atoms with Crippen molar-refractivity contribution < 1.29 is 0 Å². The van der Waals surface area contributed by atoms with Crippen molar-refractivity contribution >= 4 is 26.2 Å². The number of aliphatic imine (C=N–C) groups is 1. The summed E-state index contributed by atoms with van der Waals surface area (Å²) in [7, 11) is 0. The molecule has 0 bridgehead atoms. The molecule has 1 rings (SSSR count). The molecule has 0 amide bonds. The van der Waals surface area contributed by atoms with E-state index in [1.165, 1.54) is 0 Å². The van der Waals surface area contributed by atoms with E-state index in [0.717, 1.165) is 10.3 Å². The average molecular weight is 198 g/mol. The van der Waals surface area contributed by atoms with E-state index in [-0.39, 0.29) is 0 Å². The summed E-state index contributed by atoms with van der Waals surface area (Å²) in [5.74, 6) is 0. The molecule has 1 aromatic carbocycles. The van der Waals surface area contributed by atoms with Gasteiger partial charge in [-0.1, -0.05) is 18.2 Å². The Balaban J connectivity index is 2.87. The summed E-state index contributed by atoms with van der Waals surface area (Å²) in [6.45, 7) is 1.91. The molecule has 0 saturated heterocycles. The molecule has 0 saturated carbocycles. The van der Waals surface area contributed by atoms with Crippen molar-refractivity contribution in [2.24, 2.45) is 4.99 Å². The van der Waals surface area contributed by atoms with E-state index in [4.69, 9.17) is 0 Å². The van der Waals surface area contributed by atoms with Gasteiger partial charge in [0.05, 0.1) is 10.3 Å². The standard InChI is InChI=1S/C8H8BrN/c1-7(9)10-8-5-3-2-4-6-8/h2-6H,1H3. The van der Waals surface area contributed by atoms with Crippen LogP contribution in [0.5, 0.6) is 0 Å². The number of para-hydroxylation sites is 1. The first-order valence-electron chi connectivity index (χ1n) is 3.05. The molecule has 0 spiro atoms. The van der Waals surface area contributed by atoms with Gasteiger partial charge in [-0.15, -0.1) is 0 Å². The Bertz CT molecular complexity index is 224. The van der Waals surface area contributed by atoms with E-state index in [1.807, 2.05) is 37.3 Å². The monoisotopic (exact) mass is 197 g/mol. The molecule has 2 heteroatoms. The molecule has 0 aliphatic heterocycles. The number of hydrogen-bond acceptors (Lipinski definition) is 1. The Kier molecular flexibility index (Phi) is 2.63. The van der Waals surface area contributed by atoms with Crippen LogP contribution in [0.25, 0.3) is 0 Å². The van der Waals surface area contributed by atoms with Crippen LogP contribution < -0.4 is 0 Å². The molecule has 0 heterocycles. The van der Waals surface area contributed by atoms with Gasteiger partial charge in [-0.05, 0) is 35.0 Å². The number of nitrogens with zero attached hydrogens (tertiary/aromatic N) is 1. The molecule has 0 radical (unpaired) electrons. The topological polar surface area (TPSA) is 12.4 Å². The van der Waals surface area contributed by atoms with Crippen molar-refractivity contribution in [3.63, 3.8) is 0 Å². The zero-order chi connectivity index (χ0) is 7.40. The van der Waals surface area contributed by atoms with Crippen LogP contribution in [0.15, 0.2) is 35.3 Å². The van der Waals surface area contributed by atoms with Crippen LogP contribution in [0.4, 0.5) is 5.69 Å². The van der Waals surface area contributed by atoms with Gasteiger partial charge in [0.1, 0.15) is 0 Å². The normalized spacial score (nSPS) is 11.6. The number of halogens is 1. The van der Waals surface area contributed by atoms with Crippen LogP contribution in [0, 0.1) is 0 Å². The van der Waals surface area contributed by atoms with Crippen molar-refractivity contribution in [3.8, 4) is 0 Å². The molecule has 52 valence electrons. The third-order valence-corrected chi connectivity index (χ3v) is 1.22. The number of hydrogen-bond donors (Lipinski definition) is 0. The summed E-state index contributed by atoms with van der Waals surface area (Å²) in [5, 5.41) is 0. The van der Waals surface area contributed by atoms with Gasteiger partial charge in [0.25, 0.3) is 0 Å². The van der Waals surface area contributed by atoms with E-state index < -0.39 is 0 Å². The summed E-state index contributed by atoms with van der Waals surface area (Å²) in [4.78, 5) is 4.19. The van der Waals surface area contributed by atoms with E-state index >= 15 is 0 Å². The van der Waals surface area contributed by atoms with Crippen molar-refractivity contribution in [1.29, 1.82) is 0 Å². The molecule has 0 atom stereocenters. The first-order chi connectivity index (χ1) is 4.79. The highest BCUT2D eigenvalue weighted by molar-refractivity contribution is 9.18. The highest BCUT2D eigenvalue weighted by Crippen LogP contribution is 2.10. The lowest BCUT2D eigenvalue weighted by molar-refractivity contribution is 1.52. The molecule has 0 N–H and O–H groups in total. The quantitative estimate of drug-likeness (QED) is 0.614. The van der Waals surface area contributed by atoms with Crippen LogP contribution in [-0.2, 0) is 0 Å². The van der Waals surface area contributed by atoms with Gasteiger partial charge in [-0.25, -0.2) is 4.99 Å². The van der Waals surface area contributed by atoms with Gasteiger partial charge in [0.2, 0.25) is 0 Å². The Labute approximate surface area is 68.9 Å². The van der Waals surface area contributed by atoms with Crippen LogP contribution in [0.1, 0.15) is 6.92 Å². The second kappa shape index (κ2) is 3.52. The largest absolute Gasteiger partial charge is 0.246 e. The van der Waals surface area contributed by atoms with Crippen molar-refractivity contribution in [2.45, 2.75) is 6.92 Å². The molecule has 0 aliphatic rings. The number of rotatable bonds is 1. The van der Waals surface area contributed by atoms with Crippen LogP contribution in [-0.4, -0.2) is 4.62 Å². The van der Waals surface area contributed by atoms with Crippen molar-refractivity contribution in [3.05, 3.63) is 30.3 Å². The van der Waals surface area contributed by atoms with E-state index in [2.05, 4.69) is 20.9 Å². The summed E-state index contributed by atoms with van der Waals surface area (Å²) in [6, 6.07) is 9.83. The third kappa shape index (κ3) is 2.31. The fraction of sp³-hybridized carbons (Fsp3) is 0.125. The maximum Gasteiger partial charge on any atom is 0.0805 e. The Hall–Kier alpha value is -0.630. The smallest absolute Gasteiger partial charge is 0.0805 e. The lowest BCUT2D eigenvalue weighted by atomic mass is 10.3. The van der Waals surface area contributed by atoms with Gasteiger partial charge < -0.3 is 0 Å².